The Morgan fingerprint density at radius 1 is 1.19 bits per heavy atom. The van der Waals surface area contributed by atoms with Crippen LogP contribution in [-0.2, 0) is 20.0 Å². The summed E-state index contributed by atoms with van der Waals surface area (Å²) >= 11 is 0. The Morgan fingerprint density at radius 3 is 2.48 bits per heavy atom. The lowest BCUT2D eigenvalue weighted by Gasteiger charge is -2.13. The van der Waals surface area contributed by atoms with Crippen molar-refractivity contribution in [1.29, 1.82) is 0 Å². The molecule has 1 aromatic heterocycles. The van der Waals surface area contributed by atoms with E-state index in [4.69, 9.17) is 0 Å². The molecule has 0 aliphatic rings. The van der Waals surface area contributed by atoms with Crippen LogP contribution in [0.2, 0.25) is 0 Å². The lowest BCUT2D eigenvalue weighted by molar-refractivity contribution is 0.174. The van der Waals surface area contributed by atoms with Gasteiger partial charge in [-0.3, -0.25) is 4.68 Å². The highest BCUT2D eigenvalue weighted by Gasteiger charge is 2.08. The lowest BCUT2D eigenvalue weighted by atomic mass is 10.0. The number of hydrogen-bond acceptors (Lipinski definition) is 3. The van der Waals surface area contributed by atoms with Crippen LogP contribution in [0.1, 0.15) is 36.8 Å². The Kier molecular flexibility index (Phi) is 5.53. The number of aliphatic hydroxyl groups is 1. The van der Waals surface area contributed by atoms with Crippen LogP contribution < -0.4 is 5.32 Å². The second-order valence-corrected chi connectivity index (χ2v) is 5.97. The number of aliphatic hydroxyl groups excluding tert-OH is 1. The van der Waals surface area contributed by atoms with Crippen LogP contribution in [0.25, 0.3) is 0 Å². The molecule has 2 rings (SSSR count). The molecule has 4 heteroatoms. The van der Waals surface area contributed by atoms with E-state index >= 15 is 0 Å². The van der Waals surface area contributed by atoms with Gasteiger partial charge in [-0.15, -0.1) is 0 Å². The monoisotopic (exact) mass is 287 g/mol. The highest BCUT2D eigenvalue weighted by atomic mass is 16.3. The van der Waals surface area contributed by atoms with E-state index in [1.807, 2.05) is 31.4 Å². The smallest absolute Gasteiger partial charge is 0.0914 e. The van der Waals surface area contributed by atoms with Gasteiger partial charge in [0.25, 0.3) is 0 Å². The molecule has 1 unspecified atom stereocenters. The van der Waals surface area contributed by atoms with Crippen LogP contribution in [0.15, 0.2) is 36.5 Å². The SMILES string of the molecule is CC(C)Cc1ccc(C(O)CNCc2ccn(C)n2)cc1. The zero-order valence-corrected chi connectivity index (χ0v) is 13.1. The van der Waals surface area contributed by atoms with Gasteiger partial charge in [-0.2, -0.15) is 5.10 Å². The minimum Gasteiger partial charge on any atom is -0.387 e. The highest BCUT2D eigenvalue weighted by Crippen LogP contribution is 2.15. The van der Waals surface area contributed by atoms with Gasteiger partial charge in [0.15, 0.2) is 0 Å². The van der Waals surface area contributed by atoms with E-state index < -0.39 is 6.10 Å². The molecule has 0 aliphatic heterocycles. The van der Waals surface area contributed by atoms with Gasteiger partial charge in [-0.1, -0.05) is 38.1 Å². The molecule has 0 bridgehead atoms. The number of rotatable bonds is 7. The third-order valence-corrected chi connectivity index (χ3v) is 3.42. The lowest BCUT2D eigenvalue weighted by Crippen LogP contribution is -2.21. The summed E-state index contributed by atoms with van der Waals surface area (Å²) in [6.07, 6.45) is 2.51. The van der Waals surface area contributed by atoms with Crippen LogP contribution >= 0.6 is 0 Å². The fourth-order valence-electron chi connectivity index (χ4n) is 2.36. The second-order valence-electron chi connectivity index (χ2n) is 5.97. The van der Waals surface area contributed by atoms with Crippen molar-refractivity contribution in [3.05, 3.63) is 53.3 Å². The van der Waals surface area contributed by atoms with Crippen molar-refractivity contribution in [1.82, 2.24) is 15.1 Å². The van der Waals surface area contributed by atoms with Crippen LogP contribution in [0.3, 0.4) is 0 Å². The molecule has 1 heterocycles. The van der Waals surface area contributed by atoms with Crippen molar-refractivity contribution in [2.75, 3.05) is 6.54 Å². The average molecular weight is 287 g/mol. The topological polar surface area (TPSA) is 50.1 Å². The largest absolute Gasteiger partial charge is 0.387 e. The van der Waals surface area contributed by atoms with Crippen LogP contribution in [0.4, 0.5) is 0 Å². The average Bonchev–Trinajstić information content (AvgIpc) is 2.84. The molecule has 0 saturated carbocycles. The molecule has 21 heavy (non-hydrogen) atoms. The van der Waals surface area contributed by atoms with E-state index in [9.17, 15) is 5.11 Å². The second kappa shape index (κ2) is 7.38. The number of nitrogens with zero attached hydrogens (tertiary/aromatic N) is 2. The molecule has 0 radical (unpaired) electrons. The summed E-state index contributed by atoms with van der Waals surface area (Å²) in [4.78, 5) is 0. The Bertz CT molecular complexity index is 545. The molecule has 4 nitrogen and oxygen atoms in total. The summed E-state index contributed by atoms with van der Waals surface area (Å²) in [6, 6.07) is 10.2. The van der Waals surface area contributed by atoms with Gasteiger partial charge >= 0.3 is 0 Å². The molecular formula is C17H25N3O. The van der Waals surface area contributed by atoms with Crippen LogP contribution in [0, 0.1) is 5.92 Å². The predicted molar refractivity (Wildman–Crippen MR) is 84.9 cm³/mol. The normalized spacial score (nSPS) is 12.8. The zero-order chi connectivity index (χ0) is 15.2. The summed E-state index contributed by atoms with van der Waals surface area (Å²) < 4.78 is 1.78. The third kappa shape index (κ3) is 4.99. The zero-order valence-electron chi connectivity index (χ0n) is 13.1. The van der Waals surface area contributed by atoms with E-state index in [0.717, 1.165) is 17.7 Å². The fourth-order valence-corrected chi connectivity index (χ4v) is 2.36. The number of aryl methyl sites for hydroxylation is 1. The maximum atomic E-state index is 10.2. The maximum absolute atomic E-state index is 10.2. The fraction of sp³-hybridized carbons (Fsp3) is 0.471. The first-order valence-electron chi connectivity index (χ1n) is 7.50. The molecule has 0 fully saturated rings. The molecule has 114 valence electrons. The van der Waals surface area contributed by atoms with Gasteiger partial charge in [0, 0.05) is 26.3 Å². The highest BCUT2D eigenvalue weighted by molar-refractivity contribution is 5.24. The maximum Gasteiger partial charge on any atom is 0.0914 e. The van der Waals surface area contributed by atoms with Crippen molar-refractivity contribution in [3.8, 4) is 0 Å². The van der Waals surface area contributed by atoms with Crippen molar-refractivity contribution in [2.24, 2.45) is 13.0 Å². The van der Waals surface area contributed by atoms with E-state index in [1.54, 1.807) is 4.68 Å². The van der Waals surface area contributed by atoms with Crippen molar-refractivity contribution in [2.45, 2.75) is 32.9 Å². The van der Waals surface area contributed by atoms with E-state index in [1.165, 1.54) is 5.56 Å². The quantitative estimate of drug-likeness (QED) is 0.822. The first-order valence-corrected chi connectivity index (χ1v) is 7.50. The summed E-state index contributed by atoms with van der Waals surface area (Å²) in [5, 5.41) is 17.7. The van der Waals surface area contributed by atoms with E-state index in [-0.39, 0.29) is 0 Å². The summed E-state index contributed by atoms with van der Waals surface area (Å²) in [5.74, 6) is 0.654. The molecule has 0 amide bonds. The van der Waals surface area contributed by atoms with Gasteiger partial charge in [-0.05, 0) is 29.5 Å². The van der Waals surface area contributed by atoms with Gasteiger partial charge in [0.2, 0.25) is 0 Å². The van der Waals surface area contributed by atoms with Crippen LogP contribution in [0.5, 0.6) is 0 Å². The summed E-state index contributed by atoms with van der Waals surface area (Å²) in [6.45, 7) is 5.62. The molecule has 0 spiro atoms. The number of nitrogens with one attached hydrogen (secondary N) is 1. The van der Waals surface area contributed by atoms with Gasteiger partial charge in [-0.25, -0.2) is 0 Å². The van der Waals surface area contributed by atoms with E-state index in [0.29, 0.717) is 19.0 Å². The van der Waals surface area contributed by atoms with Gasteiger partial charge in [0.1, 0.15) is 0 Å². The molecule has 1 atom stereocenters. The Balaban J connectivity index is 1.81. The number of aromatic nitrogens is 2. The van der Waals surface area contributed by atoms with Crippen molar-refractivity contribution < 1.29 is 5.11 Å². The molecular weight excluding hydrogens is 262 g/mol. The first-order chi connectivity index (χ1) is 10.0. The Hall–Kier alpha value is -1.65. The van der Waals surface area contributed by atoms with Crippen molar-refractivity contribution >= 4 is 0 Å². The van der Waals surface area contributed by atoms with Gasteiger partial charge in [0.05, 0.1) is 11.8 Å². The number of hydrogen-bond donors (Lipinski definition) is 2. The van der Waals surface area contributed by atoms with E-state index in [2.05, 4.69) is 36.4 Å². The van der Waals surface area contributed by atoms with Crippen molar-refractivity contribution in [3.63, 3.8) is 0 Å². The molecule has 1 aromatic carbocycles. The van der Waals surface area contributed by atoms with Crippen LogP contribution in [-0.4, -0.2) is 21.4 Å². The molecule has 0 aliphatic carbocycles. The molecule has 2 aromatic rings. The van der Waals surface area contributed by atoms with Gasteiger partial charge < -0.3 is 10.4 Å². The number of benzene rings is 1. The predicted octanol–water partition coefficient (Wildman–Crippen LogP) is 2.44. The summed E-state index contributed by atoms with van der Waals surface area (Å²) in [7, 11) is 1.90. The molecule has 2 N–H and O–H groups in total. The minimum atomic E-state index is -0.484. The third-order valence-electron chi connectivity index (χ3n) is 3.42. The minimum absolute atomic E-state index is 0.484. The summed E-state index contributed by atoms with van der Waals surface area (Å²) in [5.41, 5.74) is 3.26. The Morgan fingerprint density at radius 2 is 1.90 bits per heavy atom. The standard InChI is InChI=1S/C17H25N3O/c1-13(2)10-14-4-6-15(7-5-14)17(21)12-18-11-16-8-9-20(3)19-16/h4-9,13,17-18,21H,10-12H2,1-3H3. The Labute approximate surface area is 126 Å². The first kappa shape index (κ1) is 15.7. The molecule has 0 saturated heterocycles.